The van der Waals surface area contributed by atoms with Crippen LogP contribution in [0, 0.1) is 5.41 Å². The lowest BCUT2D eigenvalue weighted by Crippen LogP contribution is -2.42. The van der Waals surface area contributed by atoms with E-state index in [9.17, 15) is 22.0 Å². The molecule has 0 aliphatic heterocycles. The standard InChI is InChI=1S/C11H17F5OS/c12-10(13,11(14,15)16)7-17-6-9(8-18)4-2-1-3-5-9/h18H,1-8H2. The Morgan fingerprint density at radius 1 is 1.00 bits per heavy atom. The van der Waals surface area contributed by atoms with Crippen molar-refractivity contribution in [3.05, 3.63) is 0 Å². The van der Waals surface area contributed by atoms with E-state index in [1.165, 1.54) is 0 Å². The number of thiol groups is 1. The summed E-state index contributed by atoms with van der Waals surface area (Å²) in [6.45, 7) is -1.69. The van der Waals surface area contributed by atoms with Gasteiger partial charge in [0.2, 0.25) is 0 Å². The van der Waals surface area contributed by atoms with Crippen LogP contribution in [-0.2, 0) is 4.74 Å². The van der Waals surface area contributed by atoms with E-state index in [2.05, 4.69) is 17.4 Å². The van der Waals surface area contributed by atoms with E-state index >= 15 is 0 Å². The average Bonchev–Trinajstić information content (AvgIpc) is 2.28. The lowest BCUT2D eigenvalue weighted by atomic mass is 9.76. The van der Waals surface area contributed by atoms with Crippen LogP contribution in [0.3, 0.4) is 0 Å². The maximum Gasteiger partial charge on any atom is 0.455 e. The van der Waals surface area contributed by atoms with Crippen LogP contribution < -0.4 is 0 Å². The molecule has 1 aliphatic carbocycles. The highest BCUT2D eigenvalue weighted by molar-refractivity contribution is 7.80. The van der Waals surface area contributed by atoms with E-state index in [4.69, 9.17) is 0 Å². The average molecular weight is 292 g/mol. The van der Waals surface area contributed by atoms with E-state index in [1.807, 2.05) is 0 Å². The van der Waals surface area contributed by atoms with Crippen molar-refractivity contribution in [1.82, 2.24) is 0 Å². The molecule has 0 aromatic carbocycles. The molecule has 0 amide bonds. The molecule has 0 saturated heterocycles. The van der Waals surface area contributed by atoms with Crippen molar-refractivity contribution in [2.24, 2.45) is 5.41 Å². The predicted octanol–water partition coefficient (Wildman–Crippen LogP) is 4.08. The number of halogens is 5. The van der Waals surface area contributed by atoms with E-state index in [0.29, 0.717) is 5.75 Å². The molecule has 18 heavy (non-hydrogen) atoms. The summed E-state index contributed by atoms with van der Waals surface area (Å²) in [5.74, 6) is -4.33. The minimum absolute atomic E-state index is 0.0812. The zero-order chi connectivity index (χ0) is 13.9. The summed E-state index contributed by atoms with van der Waals surface area (Å²) in [5.41, 5.74) is -0.344. The van der Waals surface area contributed by atoms with Crippen molar-refractivity contribution in [2.45, 2.75) is 44.2 Å². The summed E-state index contributed by atoms with van der Waals surface area (Å²) >= 11 is 4.16. The van der Waals surface area contributed by atoms with Crippen molar-refractivity contribution < 1.29 is 26.7 Å². The molecule has 0 spiro atoms. The molecular formula is C11H17F5OS. The molecule has 0 atom stereocenters. The fourth-order valence-corrected chi connectivity index (χ4v) is 2.53. The van der Waals surface area contributed by atoms with Gasteiger partial charge in [-0.3, -0.25) is 0 Å². The van der Waals surface area contributed by atoms with Crippen molar-refractivity contribution in [3.8, 4) is 0 Å². The third-order valence-electron chi connectivity index (χ3n) is 3.36. The van der Waals surface area contributed by atoms with Crippen LogP contribution in [0.1, 0.15) is 32.1 Å². The summed E-state index contributed by atoms with van der Waals surface area (Å²) < 4.78 is 65.7. The molecule has 0 bridgehead atoms. The van der Waals surface area contributed by atoms with Gasteiger partial charge in [0.1, 0.15) is 6.61 Å². The van der Waals surface area contributed by atoms with Crippen LogP contribution in [0.5, 0.6) is 0 Å². The molecule has 0 aromatic rings. The Labute approximate surface area is 108 Å². The first kappa shape index (κ1) is 16.0. The fourth-order valence-electron chi connectivity index (χ4n) is 2.13. The molecule has 1 fully saturated rings. The van der Waals surface area contributed by atoms with Gasteiger partial charge in [0.05, 0.1) is 6.61 Å². The van der Waals surface area contributed by atoms with Crippen LogP contribution in [0.15, 0.2) is 0 Å². The highest BCUT2D eigenvalue weighted by Gasteiger charge is 2.57. The van der Waals surface area contributed by atoms with Crippen LogP contribution in [0.4, 0.5) is 22.0 Å². The summed E-state index contributed by atoms with van der Waals surface area (Å²) in [5, 5.41) is 0. The molecule has 0 N–H and O–H groups in total. The summed E-state index contributed by atoms with van der Waals surface area (Å²) in [4.78, 5) is 0. The molecule has 1 nitrogen and oxygen atoms in total. The smallest absolute Gasteiger partial charge is 0.374 e. The van der Waals surface area contributed by atoms with E-state index in [1.54, 1.807) is 0 Å². The summed E-state index contributed by atoms with van der Waals surface area (Å²) in [7, 11) is 0. The number of hydrogen-bond donors (Lipinski definition) is 1. The van der Waals surface area contributed by atoms with Crippen molar-refractivity contribution in [2.75, 3.05) is 19.0 Å². The first-order valence-electron chi connectivity index (χ1n) is 5.86. The zero-order valence-electron chi connectivity index (χ0n) is 9.90. The lowest BCUT2D eigenvalue weighted by Gasteiger charge is -2.36. The Bertz CT molecular complexity index is 261. The maximum atomic E-state index is 12.6. The fraction of sp³-hybridized carbons (Fsp3) is 1.00. The van der Waals surface area contributed by atoms with Crippen LogP contribution in [0.2, 0.25) is 0 Å². The second kappa shape index (κ2) is 5.94. The maximum absolute atomic E-state index is 12.6. The quantitative estimate of drug-likeness (QED) is 0.593. The van der Waals surface area contributed by atoms with E-state index in [0.717, 1.165) is 32.1 Å². The second-order valence-electron chi connectivity index (χ2n) is 4.91. The number of ether oxygens (including phenoxy) is 1. The van der Waals surface area contributed by atoms with Gasteiger partial charge in [-0.2, -0.15) is 34.6 Å². The Kier molecular flexibility index (Phi) is 5.29. The third-order valence-corrected chi connectivity index (χ3v) is 4.03. The highest BCUT2D eigenvalue weighted by atomic mass is 32.1. The number of rotatable bonds is 5. The first-order valence-corrected chi connectivity index (χ1v) is 6.49. The van der Waals surface area contributed by atoms with Crippen LogP contribution >= 0.6 is 12.6 Å². The van der Waals surface area contributed by atoms with Gasteiger partial charge in [-0.15, -0.1) is 0 Å². The van der Waals surface area contributed by atoms with Gasteiger partial charge in [0, 0.05) is 5.41 Å². The van der Waals surface area contributed by atoms with Crippen LogP contribution in [-0.4, -0.2) is 31.1 Å². The molecule has 0 unspecified atom stereocenters. The number of alkyl halides is 5. The first-order chi connectivity index (χ1) is 8.22. The van der Waals surface area contributed by atoms with Crippen molar-refractivity contribution in [1.29, 1.82) is 0 Å². The van der Waals surface area contributed by atoms with Gasteiger partial charge in [0.25, 0.3) is 0 Å². The lowest BCUT2D eigenvalue weighted by molar-refractivity contribution is -0.298. The topological polar surface area (TPSA) is 9.23 Å². The molecule has 1 rings (SSSR count). The van der Waals surface area contributed by atoms with Crippen molar-refractivity contribution in [3.63, 3.8) is 0 Å². The molecule has 0 heterocycles. The Morgan fingerprint density at radius 3 is 2.00 bits per heavy atom. The highest BCUT2D eigenvalue weighted by Crippen LogP contribution is 2.39. The van der Waals surface area contributed by atoms with Crippen molar-refractivity contribution >= 4 is 12.6 Å². The molecular weight excluding hydrogens is 275 g/mol. The zero-order valence-corrected chi connectivity index (χ0v) is 10.8. The molecule has 1 aliphatic rings. The summed E-state index contributed by atoms with van der Waals surface area (Å²) in [6, 6.07) is 0. The Balaban J connectivity index is 2.45. The molecule has 0 radical (unpaired) electrons. The van der Waals surface area contributed by atoms with Gasteiger partial charge in [-0.25, -0.2) is 0 Å². The largest absolute Gasteiger partial charge is 0.455 e. The molecule has 1 saturated carbocycles. The normalized spacial score (nSPS) is 21.0. The predicted molar refractivity (Wildman–Crippen MR) is 61.2 cm³/mol. The van der Waals surface area contributed by atoms with Gasteiger partial charge < -0.3 is 4.74 Å². The third kappa shape index (κ3) is 3.98. The van der Waals surface area contributed by atoms with Gasteiger partial charge in [-0.1, -0.05) is 19.3 Å². The van der Waals surface area contributed by atoms with E-state index < -0.39 is 18.7 Å². The second-order valence-corrected chi connectivity index (χ2v) is 5.23. The van der Waals surface area contributed by atoms with E-state index in [-0.39, 0.29) is 12.0 Å². The molecule has 7 heteroatoms. The minimum Gasteiger partial charge on any atom is -0.374 e. The monoisotopic (exact) mass is 292 g/mol. The van der Waals surface area contributed by atoms with Gasteiger partial charge >= 0.3 is 12.1 Å². The number of hydrogen-bond acceptors (Lipinski definition) is 2. The molecule has 0 aromatic heterocycles. The Hall–Kier alpha value is -0.0400. The van der Waals surface area contributed by atoms with Gasteiger partial charge in [0.15, 0.2) is 0 Å². The summed E-state index contributed by atoms with van der Waals surface area (Å²) in [6.07, 6.45) is -1.05. The minimum atomic E-state index is -5.55. The molecule has 108 valence electrons. The SMILES string of the molecule is FC(F)(F)C(F)(F)COCC1(CS)CCCCC1. The Morgan fingerprint density at radius 2 is 1.56 bits per heavy atom. The van der Waals surface area contributed by atoms with Gasteiger partial charge in [-0.05, 0) is 18.6 Å². The van der Waals surface area contributed by atoms with Crippen LogP contribution in [0.25, 0.3) is 0 Å².